The number of aryl methyl sites for hydroxylation is 1. The summed E-state index contributed by atoms with van der Waals surface area (Å²) in [5, 5.41) is 7.91. The Morgan fingerprint density at radius 3 is 2.63 bits per heavy atom. The summed E-state index contributed by atoms with van der Waals surface area (Å²) in [6.45, 7) is 3.48. The molecule has 7 nitrogen and oxygen atoms in total. The zero-order valence-electron chi connectivity index (χ0n) is 16.9. The Morgan fingerprint density at radius 2 is 1.93 bits per heavy atom. The smallest absolute Gasteiger partial charge is 0.320 e. The van der Waals surface area contributed by atoms with Crippen LogP contribution >= 0.6 is 11.6 Å². The molecule has 0 bridgehead atoms. The lowest BCUT2D eigenvalue weighted by molar-refractivity contribution is -0.142. The van der Waals surface area contributed by atoms with Gasteiger partial charge in [0.25, 0.3) is 5.91 Å². The number of fused-ring (bicyclic) bond motifs is 1. The first kappa shape index (κ1) is 21.5. The number of alkyl halides is 1. The van der Waals surface area contributed by atoms with Crippen LogP contribution in [0.5, 0.6) is 0 Å². The van der Waals surface area contributed by atoms with Gasteiger partial charge in [0, 0.05) is 18.0 Å². The molecular weight excluding hydrogens is 406 g/mol. The molecule has 1 amide bonds. The molecule has 3 aromatic rings. The van der Waals surface area contributed by atoms with Crippen LogP contribution in [-0.2, 0) is 16.6 Å². The summed E-state index contributed by atoms with van der Waals surface area (Å²) in [4.78, 5) is 35.2. The second kappa shape index (κ2) is 8.67. The molecule has 3 rings (SSSR count). The van der Waals surface area contributed by atoms with Crippen LogP contribution in [-0.4, -0.2) is 46.0 Å². The highest BCUT2D eigenvalue weighted by Crippen LogP contribution is 2.27. The van der Waals surface area contributed by atoms with E-state index in [9.17, 15) is 14.4 Å². The van der Waals surface area contributed by atoms with Crippen molar-refractivity contribution in [2.45, 2.75) is 19.4 Å². The second-order valence-electron chi connectivity index (χ2n) is 7.58. The summed E-state index contributed by atoms with van der Waals surface area (Å²) in [6, 6.07) is 12.9. The maximum Gasteiger partial charge on any atom is 0.320 e. The van der Waals surface area contributed by atoms with E-state index < -0.39 is 11.5 Å². The predicted molar refractivity (Wildman–Crippen MR) is 115 cm³/mol. The van der Waals surface area contributed by atoms with Gasteiger partial charge in [-0.15, -0.1) is 11.6 Å². The van der Waals surface area contributed by atoms with E-state index in [1.54, 1.807) is 31.6 Å². The maximum atomic E-state index is 12.8. The van der Waals surface area contributed by atoms with Crippen LogP contribution in [0.1, 0.15) is 34.7 Å². The fourth-order valence-corrected chi connectivity index (χ4v) is 3.18. The van der Waals surface area contributed by atoms with Crippen molar-refractivity contribution in [3.63, 3.8) is 0 Å². The Morgan fingerprint density at radius 1 is 1.20 bits per heavy atom. The minimum atomic E-state index is -0.794. The Labute approximate surface area is 179 Å². The maximum absolute atomic E-state index is 12.8. The Bertz CT molecular complexity index is 1120. The van der Waals surface area contributed by atoms with Crippen molar-refractivity contribution in [2.24, 2.45) is 7.05 Å². The Hall–Kier alpha value is -3.19. The van der Waals surface area contributed by atoms with Crippen LogP contribution in [0.2, 0.25) is 0 Å². The molecule has 2 aromatic carbocycles. The molecule has 30 heavy (non-hydrogen) atoms. The molecule has 1 aromatic heterocycles. The quantitative estimate of drug-likeness (QED) is 0.355. The number of aromatic nitrogens is 2. The van der Waals surface area contributed by atoms with Gasteiger partial charge in [0.2, 0.25) is 0 Å². The molecule has 0 saturated carbocycles. The molecule has 1 heterocycles. The number of esters is 1. The second-order valence-corrected chi connectivity index (χ2v) is 7.85. The van der Waals surface area contributed by atoms with E-state index in [2.05, 4.69) is 10.4 Å². The Balaban J connectivity index is 1.88. The zero-order valence-corrected chi connectivity index (χ0v) is 17.7. The molecule has 1 N–H and O–H groups in total. The van der Waals surface area contributed by atoms with E-state index in [-0.39, 0.29) is 24.1 Å². The number of hydrogen-bond donors (Lipinski definition) is 1. The van der Waals surface area contributed by atoms with Crippen LogP contribution in [0.25, 0.3) is 22.0 Å². The number of nitrogens with zero attached hydrogens (tertiary/aromatic N) is 2. The van der Waals surface area contributed by atoms with Crippen molar-refractivity contribution < 1.29 is 19.1 Å². The number of carbonyl (C=O) groups excluding carboxylic acids is 3. The number of carbonyl (C=O) groups is 3. The molecule has 0 unspecified atom stereocenters. The van der Waals surface area contributed by atoms with Gasteiger partial charge in [-0.05, 0) is 43.2 Å². The van der Waals surface area contributed by atoms with Gasteiger partial charge in [-0.3, -0.25) is 19.1 Å². The van der Waals surface area contributed by atoms with Crippen molar-refractivity contribution in [2.75, 3.05) is 12.5 Å². The number of nitrogens with one attached hydrogen (secondary N) is 1. The first-order chi connectivity index (χ1) is 14.2. The highest BCUT2D eigenvalue weighted by Gasteiger charge is 2.26. The van der Waals surface area contributed by atoms with E-state index in [0.29, 0.717) is 10.9 Å². The SMILES string of the molecule is Cn1nc(C(=O)NC(C)(C)COC(=O)CCl)c2ccc(-c3cccc(C=O)c3)cc21. The van der Waals surface area contributed by atoms with Crippen LogP contribution in [0, 0.1) is 0 Å². The lowest BCUT2D eigenvalue weighted by atomic mass is 10.0. The van der Waals surface area contributed by atoms with Gasteiger partial charge in [-0.25, -0.2) is 0 Å². The molecule has 0 atom stereocenters. The van der Waals surface area contributed by atoms with Gasteiger partial charge in [0.15, 0.2) is 5.69 Å². The number of hydrogen-bond acceptors (Lipinski definition) is 5. The molecule has 156 valence electrons. The van der Waals surface area contributed by atoms with E-state index in [4.69, 9.17) is 16.3 Å². The largest absolute Gasteiger partial charge is 0.462 e. The number of amides is 1. The minimum Gasteiger partial charge on any atom is -0.462 e. The van der Waals surface area contributed by atoms with Gasteiger partial charge in [0.1, 0.15) is 18.8 Å². The third-order valence-corrected chi connectivity index (χ3v) is 4.80. The predicted octanol–water partition coefficient (Wildman–Crippen LogP) is 3.34. The Kier molecular flexibility index (Phi) is 6.22. The minimum absolute atomic E-state index is 0.00766. The highest BCUT2D eigenvalue weighted by molar-refractivity contribution is 6.26. The topological polar surface area (TPSA) is 90.3 Å². The summed E-state index contributed by atoms with van der Waals surface area (Å²) in [5.74, 6) is -1.16. The van der Waals surface area contributed by atoms with Gasteiger partial charge < -0.3 is 10.1 Å². The lowest BCUT2D eigenvalue weighted by Gasteiger charge is -2.25. The lowest BCUT2D eigenvalue weighted by Crippen LogP contribution is -2.47. The fraction of sp³-hybridized carbons (Fsp3) is 0.273. The summed E-state index contributed by atoms with van der Waals surface area (Å²) < 4.78 is 6.67. The molecule has 8 heteroatoms. The summed E-state index contributed by atoms with van der Waals surface area (Å²) in [7, 11) is 1.76. The standard InChI is InChI=1S/C22H22ClN3O4/c1-22(2,13-30-19(28)11-23)24-21(29)20-17-8-7-16(10-18(17)26(3)25-20)15-6-4-5-14(9-15)12-27/h4-10,12H,11,13H2,1-3H3,(H,24,29). The third kappa shape index (κ3) is 4.68. The molecule has 0 fully saturated rings. The van der Waals surface area contributed by atoms with Crippen LogP contribution in [0.4, 0.5) is 0 Å². The summed E-state index contributed by atoms with van der Waals surface area (Å²) in [6.07, 6.45) is 0.806. The average molecular weight is 428 g/mol. The summed E-state index contributed by atoms with van der Waals surface area (Å²) in [5.41, 5.74) is 2.66. The van der Waals surface area contributed by atoms with Gasteiger partial charge >= 0.3 is 5.97 Å². The first-order valence-corrected chi connectivity index (χ1v) is 9.84. The number of ether oxygens (including phenoxy) is 1. The van der Waals surface area contributed by atoms with Crippen LogP contribution in [0.15, 0.2) is 42.5 Å². The number of halogens is 1. The monoisotopic (exact) mass is 427 g/mol. The van der Waals surface area contributed by atoms with Crippen LogP contribution < -0.4 is 5.32 Å². The van der Waals surface area contributed by atoms with Crippen molar-refractivity contribution >= 4 is 40.7 Å². The molecule has 0 aliphatic carbocycles. The van der Waals surface area contributed by atoms with Crippen molar-refractivity contribution in [1.82, 2.24) is 15.1 Å². The van der Waals surface area contributed by atoms with Gasteiger partial charge in [-0.2, -0.15) is 5.10 Å². The molecule has 0 saturated heterocycles. The molecule has 0 aliphatic heterocycles. The van der Waals surface area contributed by atoms with Crippen molar-refractivity contribution in [1.29, 1.82) is 0 Å². The van der Waals surface area contributed by atoms with E-state index in [1.807, 2.05) is 36.4 Å². The first-order valence-electron chi connectivity index (χ1n) is 9.30. The number of aldehydes is 1. The van der Waals surface area contributed by atoms with Crippen molar-refractivity contribution in [3.8, 4) is 11.1 Å². The van der Waals surface area contributed by atoms with E-state index >= 15 is 0 Å². The average Bonchev–Trinajstić information content (AvgIpc) is 3.08. The van der Waals surface area contributed by atoms with Crippen molar-refractivity contribution in [3.05, 3.63) is 53.7 Å². The number of benzene rings is 2. The van der Waals surface area contributed by atoms with E-state index in [0.717, 1.165) is 22.9 Å². The molecule has 0 aliphatic rings. The molecule has 0 spiro atoms. The van der Waals surface area contributed by atoms with E-state index in [1.165, 1.54) is 0 Å². The zero-order chi connectivity index (χ0) is 21.9. The fourth-order valence-electron chi connectivity index (χ4n) is 3.10. The summed E-state index contributed by atoms with van der Waals surface area (Å²) >= 11 is 5.43. The molecular formula is C22H22ClN3O4. The molecule has 0 radical (unpaired) electrons. The normalized spacial score (nSPS) is 11.3. The third-order valence-electron chi connectivity index (χ3n) is 4.58. The van der Waals surface area contributed by atoms with Gasteiger partial charge in [-0.1, -0.05) is 24.3 Å². The number of rotatable bonds is 7. The van der Waals surface area contributed by atoms with Crippen LogP contribution in [0.3, 0.4) is 0 Å². The highest BCUT2D eigenvalue weighted by atomic mass is 35.5. The van der Waals surface area contributed by atoms with Gasteiger partial charge in [0.05, 0.1) is 11.1 Å².